The van der Waals surface area contributed by atoms with Gasteiger partial charge in [0.15, 0.2) is 0 Å². The monoisotopic (exact) mass is 370 g/mol. The molecular weight excluding hydrogens is 363 g/mol. The fraction of sp³-hybridized carbons (Fsp3) is 0. The van der Waals surface area contributed by atoms with E-state index in [1.165, 1.54) is 12.1 Å². The Labute approximate surface area is 141 Å². The fourth-order valence-electron chi connectivity index (χ4n) is 2.11. The van der Waals surface area contributed by atoms with Gasteiger partial charge in [-0.05, 0) is 35.3 Å². The van der Waals surface area contributed by atoms with Gasteiger partial charge in [0, 0.05) is 16.5 Å². The third-order valence-electron chi connectivity index (χ3n) is 2.99. The molecule has 1 aromatic heterocycles. The maximum absolute atomic E-state index is 11.5. The van der Waals surface area contributed by atoms with Gasteiger partial charge in [-0.2, -0.15) is 23.4 Å². The van der Waals surface area contributed by atoms with E-state index in [9.17, 15) is 13.0 Å². The number of nitrogens with one attached hydrogen (secondary N) is 1. The lowest BCUT2D eigenvalue weighted by molar-refractivity contribution is 0.484. The molecule has 0 saturated heterocycles. The van der Waals surface area contributed by atoms with Crippen molar-refractivity contribution < 1.29 is 13.0 Å². The summed E-state index contributed by atoms with van der Waals surface area (Å²) in [5.74, 6) is 0.111. The van der Waals surface area contributed by atoms with Crippen LogP contribution in [0.4, 0.5) is 11.6 Å². The molecule has 118 valence electrons. The van der Waals surface area contributed by atoms with Gasteiger partial charge in [-0.15, -0.1) is 0 Å². The van der Waals surface area contributed by atoms with Crippen LogP contribution in [0.15, 0.2) is 41.3 Å². The lowest BCUT2D eigenvalue weighted by atomic mass is 10.1. The van der Waals surface area contributed by atoms with Gasteiger partial charge in [0.05, 0.1) is 0 Å². The van der Waals surface area contributed by atoms with Gasteiger partial charge in [-0.25, -0.2) is 0 Å². The van der Waals surface area contributed by atoms with Crippen molar-refractivity contribution in [2.45, 2.75) is 4.90 Å². The topological polar surface area (TPSA) is 105 Å². The van der Waals surface area contributed by atoms with Crippen molar-refractivity contribution in [3.63, 3.8) is 0 Å². The summed E-state index contributed by atoms with van der Waals surface area (Å²) in [5.41, 5.74) is 0.520. The van der Waals surface area contributed by atoms with Gasteiger partial charge >= 0.3 is 0 Å². The Bertz CT molecular complexity index is 991. The summed E-state index contributed by atoms with van der Waals surface area (Å²) in [6, 6.07) is 9.43. The molecule has 0 radical (unpaired) electrons. The lowest BCUT2D eigenvalue weighted by Gasteiger charge is -2.11. The molecule has 0 atom stereocenters. The van der Waals surface area contributed by atoms with E-state index in [1.54, 1.807) is 24.3 Å². The van der Waals surface area contributed by atoms with Crippen LogP contribution in [0.25, 0.3) is 10.8 Å². The molecule has 7 nitrogen and oxygen atoms in total. The van der Waals surface area contributed by atoms with Gasteiger partial charge in [0.25, 0.3) is 10.1 Å². The standard InChI is InChI=1S/C13H8Cl2N4O3S/c14-11-17-12(15)19-13(18-11)16-9-5-6-10(23(20,21)22)8-4-2-1-3-7(8)9/h1-6H,(H,20,21,22)(H,16,17,18,19). The Balaban J connectivity index is 2.16. The number of benzene rings is 2. The normalized spacial score (nSPS) is 11.6. The third-order valence-corrected chi connectivity index (χ3v) is 4.24. The van der Waals surface area contributed by atoms with Crippen molar-refractivity contribution in [2.24, 2.45) is 0 Å². The predicted octanol–water partition coefficient (Wildman–Crippen LogP) is 3.32. The highest BCUT2D eigenvalue weighted by molar-refractivity contribution is 7.86. The van der Waals surface area contributed by atoms with Crippen molar-refractivity contribution in [3.05, 3.63) is 47.0 Å². The number of halogens is 2. The number of fused-ring (bicyclic) bond motifs is 1. The van der Waals surface area contributed by atoms with E-state index < -0.39 is 10.1 Å². The van der Waals surface area contributed by atoms with E-state index in [4.69, 9.17) is 23.2 Å². The zero-order valence-corrected chi connectivity index (χ0v) is 13.6. The molecule has 10 heteroatoms. The quantitative estimate of drug-likeness (QED) is 0.681. The predicted molar refractivity (Wildman–Crippen MR) is 86.9 cm³/mol. The molecule has 0 aliphatic heterocycles. The number of aromatic nitrogens is 3. The van der Waals surface area contributed by atoms with Gasteiger partial charge < -0.3 is 5.32 Å². The summed E-state index contributed by atoms with van der Waals surface area (Å²) in [6.45, 7) is 0. The number of hydrogen-bond donors (Lipinski definition) is 2. The summed E-state index contributed by atoms with van der Waals surface area (Å²) < 4.78 is 32.3. The first-order valence-electron chi connectivity index (χ1n) is 6.18. The van der Waals surface area contributed by atoms with E-state index >= 15 is 0 Å². The molecule has 23 heavy (non-hydrogen) atoms. The minimum absolute atomic E-state index is 0.0774. The first-order valence-corrected chi connectivity index (χ1v) is 8.37. The Morgan fingerprint density at radius 2 is 1.52 bits per heavy atom. The molecule has 3 aromatic rings. The van der Waals surface area contributed by atoms with Crippen molar-refractivity contribution >= 4 is 55.7 Å². The Morgan fingerprint density at radius 1 is 0.913 bits per heavy atom. The van der Waals surface area contributed by atoms with E-state index in [-0.39, 0.29) is 21.4 Å². The minimum Gasteiger partial charge on any atom is -0.323 e. The Kier molecular flexibility index (Phi) is 4.07. The van der Waals surface area contributed by atoms with Crippen LogP contribution in [0.2, 0.25) is 10.6 Å². The number of rotatable bonds is 3. The first kappa shape index (κ1) is 15.9. The third kappa shape index (κ3) is 3.35. The second-order valence-electron chi connectivity index (χ2n) is 4.45. The summed E-state index contributed by atoms with van der Waals surface area (Å²) in [6.07, 6.45) is 0. The van der Waals surface area contributed by atoms with Crippen molar-refractivity contribution in [1.29, 1.82) is 0 Å². The Hall–Kier alpha value is -2.00. The van der Waals surface area contributed by atoms with E-state index in [0.717, 1.165) is 0 Å². The average molecular weight is 371 g/mol. The SMILES string of the molecule is O=S(=O)(O)c1ccc(Nc2nc(Cl)nc(Cl)n2)c2ccccc12. The summed E-state index contributed by atoms with van der Waals surface area (Å²) in [5, 5.41) is 3.65. The maximum Gasteiger partial charge on any atom is 0.295 e. The van der Waals surface area contributed by atoms with Gasteiger partial charge in [-0.3, -0.25) is 4.55 Å². The molecular formula is C13H8Cl2N4O3S. The van der Waals surface area contributed by atoms with Crippen molar-refractivity contribution in [2.75, 3.05) is 5.32 Å². The fourth-order valence-corrected chi connectivity index (χ4v) is 3.17. The molecule has 2 aromatic carbocycles. The number of hydrogen-bond acceptors (Lipinski definition) is 6. The van der Waals surface area contributed by atoms with Crippen LogP contribution in [0.5, 0.6) is 0 Å². The van der Waals surface area contributed by atoms with Crippen LogP contribution in [0, 0.1) is 0 Å². The second-order valence-corrected chi connectivity index (χ2v) is 6.52. The molecule has 1 heterocycles. The Morgan fingerprint density at radius 3 is 2.13 bits per heavy atom. The molecule has 3 rings (SSSR count). The highest BCUT2D eigenvalue weighted by Gasteiger charge is 2.16. The minimum atomic E-state index is -4.34. The summed E-state index contributed by atoms with van der Waals surface area (Å²) in [4.78, 5) is 11.2. The average Bonchev–Trinajstić information content (AvgIpc) is 2.45. The lowest BCUT2D eigenvalue weighted by Crippen LogP contribution is -2.03. The molecule has 0 fully saturated rings. The van der Waals surface area contributed by atoms with E-state index in [0.29, 0.717) is 16.5 Å². The maximum atomic E-state index is 11.5. The smallest absolute Gasteiger partial charge is 0.295 e. The molecule has 0 spiro atoms. The molecule has 0 aliphatic rings. The van der Waals surface area contributed by atoms with Crippen molar-refractivity contribution in [3.8, 4) is 0 Å². The highest BCUT2D eigenvalue weighted by atomic mass is 35.5. The molecule has 0 amide bonds. The highest BCUT2D eigenvalue weighted by Crippen LogP contribution is 2.30. The summed E-state index contributed by atoms with van der Waals surface area (Å²) >= 11 is 11.4. The van der Waals surface area contributed by atoms with Gasteiger partial charge in [-0.1, -0.05) is 24.3 Å². The molecule has 0 bridgehead atoms. The first-order chi connectivity index (χ1) is 10.8. The number of anilines is 2. The largest absolute Gasteiger partial charge is 0.323 e. The van der Waals surface area contributed by atoms with Crippen molar-refractivity contribution in [1.82, 2.24) is 15.0 Å². The molecule has 0 aliphatic carbocycles. The van der Waals surface area contributed by atoms with Crippen LogP contribution in [-0.4, -0.2) is 27.9 Å². The van der Waals surface area contributed by atoms with Crippen LogP contribution in [0.3, 0.4) is 0 Å². The zero-order chi connectivity index (χ0) is 16.6. The van der Waals surface area contributed by atoms with Gasteiger partial charge in [0.1, 0.15) is 4.90 Å². The van der Waals surface area contributed by atoms with E-state index in [2.05, 4.69) is 20.3 Å². The molecule has 0 saturated carbocycles. The van der Waals surface area contributed by atoms with Crippen LogP contribution in [0.1, 0.15) is 0 Å². The van der Waals surface area contributed by atoms with Crippen LogP contribution < -0.4 is 5.32 Å². The molecule has 2 N–H and O–H groups in total. The van der Waals surface area contributed by atoms with Crippen LogP contribution in [-0.2, 0) is 10.1 Å². The van der Waals surface area contributed by atoms with Gasteiger partial charge in [0.2, 0.25) is 16.5 Å². The molecule has 0 unspecified atom stereocenters. The number of nitrogens with zero attached hydrogens (tertiary/aromatic N) is 3. The zero-order valence-electron chi connectivity index (χ0n) is 11.2. The van der Waals surface area contributed by atoms with Crippen LogP contribution >= 0.6 is 23.2 Å². The van der Waals surface area contributed by atoms with E-state index in [1.807, 2.05) is 0 Å². The second kappa shape index (κ2) is 5.89. The summed E-state index contributed by atoms with van der Waals surface area (Å²) in [7, 11) is -4.34.